The maximum atomic E-state index is 11.5. The van der Waals surface area contributed by atoms with Gasteiger partial charge in [0.05, 0.1) is 18.2 Å². The van der Waals surface area contributed by atoms with Crippen molar-refractivity contribution in [3.63, 3.8) is 0 Å². The van der Waals surface area contributed by atoms with Gasteiger partial charge in [0.1, 0.15) is 6.61 Å². The molecule has 2 aromatic rings. The Morgan fingerprint density at radius 2 is 2.00 bits per heavy atom. The first-order valence-electron chi connectivity index (χ1n) is 7.13. The number of nitrogens with zero attached hydrogens (tertiary/aromatic N) is 1. The Hall–Kier alpha value is -3.24. The molecule has 2 aromatic carbocycles. The van der Waals surface area contributed by atoms with Gasteiger partial charge in [0, 0.05) is 5.56 Å². The molecule has 0 spiro atoms. The number of hydrogen-bond acceptors (Lipinski definition) is 3. The molecule has 2 rings (SSSR count). The topological polar surface area (TPSA) is 62.1 Å². The summed E-state index contributed by atoms with van der Waals surface area (Å²) in [6.45, 7) is 2.33. The zero-order chi connectivity index (χ0) is 16.5. The molecule has 0 aromatic heterocycles. The third-order valence-electron chi connectivity index (χ3n) is 3.11. The quantitative estimate of drug-likeness (QED) is 0.886. The highest BCUT2D eigenvalue weighted by atomic mass is 16.5. The predicted molar refractivity (Wildman–Crippen MR) is 87.4 cm³/mol. The van der Waals surface area contributed by atoms with Gasteiger partial charge >= 0.3 is 6.09 Å². The van der Waals surface area contributed by atoms with Gasteiger partial charge in [-0.05, 0) is 36.2 Å². The van der Waals surface area contributed by atoms with E-state index in [1.165, 1.54) is 0 Å². The maximum Gasteiger partial charge on any atom is 0.408 e. The summed E-state index contributed by atoms with van der Waals surface area (Å²) in [5, 5.41) is 11.4. The van der Waals surface area contributed by atoms with Crippen molar-refractivity contribution < 1.29 is 9.53 Å². The Bertz CT molecular complexity index is 780. The molecule has 0 aliphatic rings. The Morgan fingerprint density at radius 1 is 1.22 bits per heavy atom. The number of ether oxygens (including phenoxy) is 1. The summed E-state index contributed by atoms with van der Waals surface area (Å²) in [7, 11) is 0. The molecule has 4 heteroatoms. The molecule has 114 valence electrons. The minimum absolute atomic E-state index is 0.201. The average Bonchev–Trinajstić information content (AvgIpc) is 2.58. The van der Waals surface area contributed by atoms with Crippen LogP contribution in [0.1, 0.15) is 22.3 Å². The molecule has 0 heterocycles. The van der Waals surface area contributed by atoms with Crippen molar-refractivity contribution in [2.45, 2.75) is 13.5 Å². The monoisotopic (exact) mass is 304 g/mol. The van der Waals surface area contributed by atoms with Gasteiger partial charge in [-0.15, -0.1) is 0 Å². The van der Waals surface area contributed by atoms with E-state index in [1.807, 2.05) is 37.3 Å². The molecule has 0 saturated carbocycles. The molecule has 0 aliphatic carbocycles. The van der Waals surface area contributed by atoms with Crippen LogP contribution in [0.25, 0.3) is 0 Å². The van der Waals surface area contributed by atoms with Gasteiger partial charge in [0.25, 0.3) is 0 Å². The van der Waals surface area contributed by atoms with Crippen LogP contribution >= 0.6 is 0 Å². The summed E-state index contributed by atoms with van der Waals surface area (Å²) in [5.41, 5.74) is 3.31. The Kier molecular flexibility index (Phi) is 5.80. The number of hydrogen-bond donors (Lipinski definition) is 1. The average molecular weight is 304 g/mol. The van der Waals surface area contributed by atoms with E-state index in [1.54, 1.807) is 18.2 Å². The fraction of sp³-hybridized carbons (Fsp3) is 0.158. The number of nitrogens with one attached hydrogen (secondary N) is 1. The zero-order valence-electron chi connectivity index (χ0n) is 12.8. The number of alkyl carbamates (subject to hydrolysis) is 1. The minimum Gasteiger partial charge on any atom is -0.445 e. The van der Waals surface area contributed by atoms with E-state index in [9.17, 15) is 4.79 Å². The lowest BCUT2D eigenvalue weighted by atomic mass is 10.1. The Labute approximate surface area is 135 Å². The highest BCUT2D eigenvalue weighted by Crippen LogP contribution is 2.08. The van der Waals surface area contributed by atoms with E-state index in [-0.39, 0.29) is 13.2 Å². The van der Waals surface area contributed by atoms with Crippen LogP contribution in [-0.2, 0) is 11.3 Å². The third kappa shape index (κ3) is 5.22. The molecule has 0 unspecified atom stereocenters. The number of nitriles is 1. The van der Waals surface area contributed by atoms with Crippen LogP contribution in [-0.4, -0.2) is 12.6 Å². The number of rotatable bonds is 3. The normalized spacial score (nSPS) is 9.22. The van der Waals surface area contributed by atoms with Gasteiger partial charge in [-0.2, -0.15) is 5.26 Å². The first kappa shape index (κ1) is 16.1. The lowest BCUT2D eigenvalue weighted by Crippen LogP contribution is -2.24. The Morgan fingerprint density at radius 3 is 2.70 bits per heavy atom. The fourth-order valence-electron chi connectivity index (χ4n) is 1.90. The predicted octanol–water partition coefficient (Wildman–Crippen LogP) is 3.14. The molecule has 1 amide bonds. The summed E-state index contributed by atoms with van der Waals surface area (Å²) in [6, 6.07) is 16.9. The van der Waals surface area contributed by atoms with Crippen molar-refractivity contribution in [3.8, 4) is 17.9 Å². The molecule has 0 saturated heterocycles. The summed E-state index contributed by atoms with van der Waals surface area (Å²) in [6.07, 6.45) is -0.500. The fourth-order valence-corrected chi connectivity index (χ4v) is 1.90. The molecule has 0 bridgehead atoms. The van der Waals surface area contributed by atoms with E-state index >= 15 is 0 Å². The molecule has 0 aliphatic heterocycles. The minimum atomic E-state index is -0.500. The second-order valence-electron chi connectivity index (χ2n) is 4.86. The van der Waals surface area contributed by atoms with Crippen molar-refractivity contribution in [2.75, 3.05) is 6.54 Å². The van der Waals surface area contributed by atoms with Crippen LogP contribution in [0.4, 0.5) is 4.79 Å². The lowest BCUT2D eigenvalue weighted by Gasteiger charge is -2.04. The second-order valence-corrected chi connectivity index (χ2v) is 4.86. The van der Waals surface area contributed by atoms with E-state index in [0.29, 0.717) is 5.56 Å². The second kappa shape index (κ2) is 8.26. The molecular formula is C19H16N2O2. The van der Waals surface area contributed by atoms with Gasteiger partial charge < -0.3 is 10.1 Å². The van der Waals surface area contributed by atoms with E-state index in [0.717, 1.165) is 16.7 Å². The van der Waals surface area contributed by atoms with Crippen LogP contribution in [0, 0.1) is 30.1 Å². The van der Waals surface area contributed by atoms with Gasteiger partial charge in [0.2, 0.25) is 0 Å². The molecule has 4 nitrogen and oxygen atoms in total. The van der Waals surface area contributed by atoms with Crippen LogP contribution in [0.3, 0.4) is 0 Å². The smallest absolute Gasteiger partial charge is 0.408 e. The van der Waals surface area contributed by atoms with E-state index in [4.69, 9.17) is 10.00 Å². The van der Waals surface area contributed by atoms with Gasteiger partial charge in [-0.3, -0.25) is 0 Å². The van der Waals surface area contributed by atoms with Crippen LogP contribution < -0.4 is 5.32 Å². The summed E-state index contributed by atoms with van der Waals surface area (Å²) < 4.78 is 5.08. The van der Waals surface area contributed by atoms with Crippen LogP contribution in [0.2, 0.25) is 0 Å². The Balaban J connectivity index is 1.79. The van der Waals surface area contributed by atoms with E-state index in [2.05, 4.69) is 23.2 Å². The van der Waals surface area contributed by atoms with Gasteiger partial charge in [-0.25, -0.2) is 4.79 Å². The number of carbonyl (C=O) groups is 1. The van der Waals surface area contributed by atoms with Crippen molar-refractivity contribution in [3.05, 3.63) is 70.8 Å². The maximum absolute atomic E-state index is 11.5. The van der Waals surface area contributed by atoms with Crippen molar-refractivity contribution >= 4 is 6.09 Å². The zero-order valence-corrected chi connectivity index (χ0v) is 12.8. The number of benzene rings is 2. The first-order valence-corrected chi connectivity index (χ1v) is 7.13. The summed E-state index contributed by atoms with van der Waals surface area (Å²) in [5.74, 6) is 5.83. The first-order chi connectivity index (χ1) is 11.2. The van der Waals surface area contributed by atoms with E-state index < -0.39 is 6.09 Å². The number of carbonyl (C=O) groups excluding carboxylic acids is 1. The van der Waals surface area contributed by atoms with Gasteiger partial charge in [0.15, 0.2) is 0 Å². The SMILES string of the molecule is Cc1cc(C#N)ccc1C#CCNC(=O)OCc1ccccc1. The summed E-state index contributed by atoms with van der Waals surface area (Å²) >= 11 is 0. The molecule has 23 heavy (non-hydrogen) atoms. The van der Waals surface area contributed by atoms with Gasteiger partial charge in [-0.1, -0.05) is 42.2 Å². The van der Waals surface area contributed by atoms with Crippen LogP contribution in [0.5, 0.6) is 0 Å². The number of amides is 1. The molecular weight excluding hydrogens is 288 g/mol. The van der Waals surface area contributed by atoms with Crippen molar-refractivity contribution in [1.29, 1.82) is 5.26 Å². The lowest BCUT2D eigenvalue weighted by molar-refractivity contribution is 0.141. The van der Waals surface area contributed by atoms with Crippen molar-refractivity contribution in [1.82, 2.24) is 5.32 Å². The largest absolute Gasteiger partial charge is 0.445 e. The highest BCUT2D eigenvalue weighted by Gasteiger charge is 2.00. The molecule has 1 N–H and O–H groups in total. The molecule has 0 fully saturated rings. The third-order valence-corrected chi connectivity index (χ3v) is 3.11. The highest BCUT2D eigenvalue weighted by molar-refractivity contribution is 5.67. The van der Waals surface area contributed by atoms with Crippen molar-refractivity contribution in [2.24, 2.45) is 0 Å². The molecule has 0 atom stereocenters. The number of aryl methyl sites for hydroxylation is 1. The summed E-state index contributed by atoms with van der Waals surface area (Å²) in [4.78, 5) is 11.5. The molecule has 0 radical (unpaired) electrons. The standard InChI is InChI=1S/C19H16N2O2/c1-15-12-17(13-20)9-10-18(15)8-5-11-21-19(22)23-14-16-6-3-2-4-7-16/h2-4,6-7,9-10,12H,11,14H2,1H3,(H,21,22). The van der Waals surface area contributed by atoms with Crippen LogP contribution in [0.15, 0.2) is 48.5 Å².